The second-order valence-electron chi connectivity index (χ2n) is 2.86. The first-order valence-corrected chi connectivity index (χ1v) is 5.38. The molecule has 2 N–H and O–H groups in total. The molecule has 0 aliphatic heterocycles. The second kappa shape index (κ2) is 4.18. The summed E-state index contributed by atoms with van der Waals surface area (Å²) in [6.45, 7) is 1.87. The van der Waals surface area contributed by atoms with E-state index in [1.54, 1.807) is 0 Å². The number of hydrogen-bond acceptors (Lipinski definition) is 2. The molecule has 1 aliphatic rings. The van der Waals surface area contributed by atoms with Crippen LogP contribution in [0.2, 0.25) is 0 Å². The van der Waals surface area contributed by atoms with E-state index in [1.807, 2.05) is 6.92 Å². The molecule has 1 aliphatic carbocycles. The summed E-state index contributed by atoms with van der Waals surface area (Å²) in [5, 5.41) is 9.34. The smallest absolute Gasteiger partial charge is 0.0915 e. The zero-order chi connectivity index (χ0) is 8.27. The minimum Gasteiger partial charge on any atom is -0.391 e. The van der Waals surface area contributed by atoms with Gasteiger partial charge >= 0.3 is 0 Å². The Morgan fingerprint density at radius 3 is 2.82 bits per heavy atom. The lowest BCUT2D eigenvalue weighted by Gasteiger charge is -2.14. The fraction of sp³-hybridized carbons (Fsp3) is 1.00. The molecule has 0 spiro atoms. The van der Waals surface area contributed by atoms with E-state index in [4.69, 9.17) is 0 Å². The highest BCUT2D eigenvalue weighted by Gasteiger charge is 2.25. The normalized spacial score (nSPS) is 34.0. The van der Waals surface area contributed by atoms with Gasteiger partial charge in [0.2, 0.25) is 0 Å². The molecule has 66 valence electrons. The molecule has 0 saturated heterocycles. The van der Waals surface area contributed by atoms with Crippen LogP contribution in [0, 0.1) is 0 Å². The number of nitrogens with one attached hydrogen (secondary N) is 1. The van der Waals surface area contributed by atoms with Crippen LogP contribution in [-0.4, -0.2) is 27.2 Å². The fourth-order valence-corrected chi connectivity index (χ4v) is 2.11. The summed E-state index contributed by atoms with van der Waals surface area (Å²) >= 11 is 0. The predicted molar refractivity (Wildman–Crippen MR) is 45.5 cm³/mol. The van der Waals surface area contributed by atoms with Gasteiger partial charge in [0.1, 0.15) is 0 Å². The van der Waals surface area contributed by atoms with Gasteiger partial charge in [0.05, 0.1) is 17.1 Å². The van der Waals surface area contributed by atoms with Gasteiger partial charge in [-0.25, -0.2) is 8.93 Å². The molecular formula is C7H15NO2S. The highest BCUT2D eigenvalue weighted by Crippen LogP contribution is 2.18. The van der Waals surface area contributed by atoms with Gasteiger partial charge in [-0.1, -0.05) is 6.92 Å². The monoisotopic (exact) mass is 177 g/mol. The molecule has 3 atom stereocenters. The molecule has 0 heterocycles. The van der Waals surface area contributed by atoms with Crippen molar-refractivity contribution in [1.29, 1.82) is 0 Å². The third-order valence-corrected chi connectivity index (χ3v) is 3.11. The molecule has 1 saturated carbocycles. The summed E-state index contributed by atoms with van der Waals surface area (Å²) in [4.78, 5) is 0. The second-order valence-corrected chi connectivity index (χ2v) is 4.36. The van der Waals surface area contributed by atoms with Crippen molar-refractivity contribution in [2.24, 2.45) is 0 Å². The van der Waals surface area contributed by atoms with Crippen molar-refractivity contribution in [2.75, 3.05) is 5.75 Å². The summed E-state index contributed by atoms with van der Waals surface area (Å²) in [6, 6.07) is 0.0655. The van der Waals surface area contributed by atoms with Crippen LogP contribution in [-0.2, 0) is 11.0 Å². The number of aliphatic hydroxyl groups excluding tert-OH is 1. The van der Waals surface area contributed by atoms with Gasteiger partial charge in [0.25, 0.3) is 0 Å². The summed E-state index contributed by atoms with van der Waals surface area (Å²) in [6.07, 6.45) is 2.55. The first kappa shape index (κ1) is 9.16. The van der Waals surface area contributed by atoms with Crippen molar-refractivity contribution in [2.45, 2.75) is 38.3 Å². The quantitative estimate of drug-likeness (QED) is 0.646. The van der Waals surface area contributed by atoms with Gasteiger partial charge in [-0.15, -0.1) is 0 Å². The first-order chi connectivity index (χ1) is 5.24. The highest BCUT2D eigenvalue weighted by molar-refractivity contribution is 7.82. The fourth-order valence-electron chi connectivity index (χ4n) is 1.33. The predicted octanol–water partition coefficient (Wildman–Crippen LogP) is 0.173. The summed E-state index contributed by atoms with van der Waals surface area (Å²) in [7, 11) is -0.948. The zero-order valence-electron chi connectivity index (χ0n) is 6.75. The van der Waals surface area contributed by atoms with Gasteiger partial charge < -0.3 is 5.11 Å². The van der Waals surface area contributed by atoms with Crippen LogP contribution in [0.1, 0.15) is 26.2 Å². The van der Waals surface area contributed by atoms with E-state index in [0.29, 0.717) is 5.75 Å². The van der Waals surface area contributed by atoms with E-state index in [1.165, 1.54) is 0 Å². The Morgan fingerprint density at radius 2 is 2.36 bits per heavy atom. The Morgan fingerprint density at radius 1 is 1.64 bits per heavy atom. The average Bonchev–Trinajstić information content (AvgIpc) is 2.37. The molecule has 4 heteroatoms. The Balaban J connectivity index is 2.30. The van der Waals surface area contributed by atoms with Gasteiger partial charge in [-0.2, -0.15) is 0 Å². The topological polar surface area (TPSA) is 49.3 Å². The van der Waals surface area contributed by atoms with Gasteiger partial charge in [0, 0.05) is 11.8 Å². The maximum Gasteiger partial charge on any atom is 0.0915 e. The van der Waals surface area contributed by atoms with Crippen molar-refractivity contribution in [1.82, 2.24) is 4.72 Å². The SMILES string of the molecule is CCS(=O)NC1CCCC1O. The Bertz CT molecular complexity index is 151. The molecule has 3 nitrogen and oxygen atoms in total. The average molecular weight is 177 g/mol. The lowest BCUT2D eigenvalue weighted by atomic mass is 10.2. The van der Waals surface area contributed by atoms with Crippen LogP contribution >= 0.6 is 0 Å². The molecule has 0 aromatic rings. The van der Waals surface area contributed by atoms with Crippen molar-refractivity contribution >= 4 is 11.0 Å². The van der Waals surface area contributed by atoms with Crippen LogP contribution in [0.15, 0.2) is 0 Å². The van der Waals surface area contributed by atoms with E-state index >= 15 is 0 Å². The Kier molecular flexibility index (Phi) is 3.48. The molecule has 1 rings (SSSR count). The molecule has 1 fully saturated rings. The minimum absolute atomic E-state index is 0.0655. The largest absolute Gasteiger partial charge is 0.391 e. The lowest BCUT2D eigenvalue weighted by molar-refractivity contribution is 0.159. The van der Waals surface area contributed by atoms with Crippen molar-refractivity contribution in [3.63, 3.8) is 0 Å². The lowest BCUT2D eigenvalue weighted by Crippen LogP contribution is -2.37. The van der Waals surface area contributed by atoms with E-state index in [9.17, 15) is 9.32 Å². The van der Waals surface area contributed by atoms with Crippen molar-refractivity contribution < 1.29 is 9.32 Å². The molecule has 0 aromatic heterocycles. The van der Waals surface area contributed by atoms with E-state index < -0.39 is 11.0 Å². The zero-order valence-corrected chi connectivity index (χ0v) is 7.56. The molecule has 3 unspecified atom stereocenters. The molecule has 11 heavy (non-hydrogen) atoms. The third kappa shape index (κ3) is 2.54. The van der Waals surface area contributed by atoms with Gasteiger partial charge in [-0.05, 0) is 19.3 Å². The summed E-state index contributed by atoms with van der Waals surface area (Å²) in [5.41, 5.74) is 0. The van der Waals surface area contributed by atoms with E-state index in [0.717, 1.165) is 19.3 Å². The maximum atomic E-state index is 11.0. The number of hydrogen-bond donors (Lipinski definition) is 2. The Labute approximate surface area is 69.8 Å². The molecular weight excluding hydrogens is 162 g/mol. The summed E-state index contributed by atoms with van der Waals surface area (Å²) in [5.74, 6) is 0.614. The standard InChI is InChI=1S/C7H15NO2S/c1-2-11(10)8-6-4-3-5-7(6)9/h6-9H,2-5H2,1H3. The maximum absolute atomic E-state index is 11.0. The van der Waals surface area contributed by atoms with Crippen LogP contribution in [0.4, 0.5) is 0 Å². The highest BCUT2D eigenvalue weighted by atomic mass is 32.2. The first-order valence-electron chi connectivity index (χ1n) is 4.06. The minimum atomic E-state index is -0.948. The van der Waals surface area contributed by atoms with Gasteiger partial charge in [-0.3, -0.25) is 0 Å². The van der Waals surface area contributed by atoms with Crippen LogP contribution in [0.3, 0.4) is 0 Å². The number of rotatable bonds is 3. The van der Waals surface area contributed by atoms with Crippen LogP contribution in [0.25, 0.3) is 0 Å². The summed E-state index contributed by atoms with van der Waals surface area (Å²) < 4.78 is 13.9. The number of aliphatic hydroxyl groups is 1. The van der Waals surface area contributed by atoms with Crippen molar-refractivity contribution in [3.8, 4) is 0 Å². The van der Waals surface area contributed by atoms with Gasteiger partial charge in [0.15, 0.2) is 0 Å². The molecule has 0 amide bonds. The molecule has 0 aromatic carbocycles. The van der Waals surface area contributed by atoms with Crippen LogP contribution < -0.4 is 4.72 Å². The third-order valence-electron chi connectivity index (χ3n) is 2.02. The molecule has 0 bridgehead atoms. The Hall–Kier alpha value is 0.0700. The van der Waals surface area contributed by atoms with Crippen molar-refractivity contribution in [3.05, 3.63) is 0 Å². The molecule has 0 radical (unpaired) electrons. The van der Waals surface area contributed by atoms with E-state index in [2.05, 4.69) is 4.72 Å². The van der Waals surface area contributed by atoms with E-state index in [-0.39, 0.29) is 12.1 Å². The van der Waals surface area contributed by atoms with Crippen LogP contribution in [0.5, 0.6) is 0 Å².